The summed E-state index contributed by atoms with van der Waals surface area (Å²) >= 11 is 5.91. The molecule has 0 radical (unpaired) electrons. The van der Waals surface area contributed by atoms with Crippen LogP contribution in [0.15, 0.2) is 24.5 Å². The first-order valence-electron chi connectivity index (χ1n) is 6.02. The molecular weight excluding hydrogens is 265 g/mol. The zero-order chi connectivity index (χ0) is 14.0. The van der Waals surface area contributed by atoms with Gasteiger partial charge in [0.2, 0.25) is 0 Å². The molecule has 0 fully saturated rings. The predicted molar refractivity (Wildman–Crippen MR) is 76.1 cm³/mol. The Kier molecular flexibility index (Phi) is 4.00. The molecule has 0 saturated carbocycles. The van der Waals surface area contributed by atoms with Crippen molar-refractivity contribution >= 4 is 17.4 Å². The molecule has 2 rings (SSSR count). The SMILES string of the molecule is CNc1ncnc(-c2cc(F)cc(Cl)c2)c1C(C)C. The minimum absolute atomic E-state index is 0.209. The van der Waals surface area contributed by atoms with Gasteiger partial charge in [-0.25, -0.2) is 14.4 Å². The van der Waals surface area contributed by atoms with Crippen LogP contribution >= 0.6 is 11.6 Å². The zero-order valence-corrected chi connectivity index (χ0v) is 11.8. The minimum Gasteiger partial charge on any atom is -0.373 e. The van der Waals surface area contributed by atoms with Crippen molar-refractivity contribution in [2.75, 3.05) is 12.4 Å². The van der Waals surface area contributed by atoms with Crippen molar-refractivity contribution in [1.29, 1.82) is 0 Å². The molecule has 0 atom stereocenters. The molecule has 1 heterocycles. The van der Waals surface area contributed by atoms with Gasteiger partial charge in [0, 0.05) is 23.2 Å². The fourth-order valence-corrected chi connectivity index (χ4v) is 2.28. The molecule has 100 valence electrons. The van der Waals surface area contributed by atoms with Gasteiger partial charge >= 0.3 is 0 Å². The minimum atomic E-state index is -0.373. The Morgan fingerprint density at radius 3 is 2.53 bits per heavy atom. The van der Waals surface area contributed by atoms with Gasteiger partial charge in [-0.05, 0) is 24.1 Å². The van der Waals surface area contributed by atoms with Gasteiger partial charge < -0.3 is 5.32 Å². The van der Waals surface area contributed by atoms with E-state index in [0.717, 1.165) is 11.4 Å². The van der Waals surface area contributed by atoms with Crippen molar-refractivity contribution in [2.24, 2.45) is 0 Å². The van der Waals surface area contributed by atoms with Crippen LogP contribution in [0.3, 0.4) is 0 Å². The quantitative estimate of drug-likeness (QED) is 0.919. The van der Waals surface area contributed by atoms with E-state index in [1.165, 1.54) is 18.5 Å². The van der Waals surface area contributed by atoms with Crippen LogP contribution in [0.25, 0.3) is 11.3 Å². The number of nitrogens with zero attached hydrogens (tertiary/aromatic N) is 2. The highest BCUT2D eigenvalue weighted by atomic mass is 35.5. The summed E-state index contributed by atoms with van der Waals surface area (Å²) in [7, 11) is 1.80. The second kappa shape index (κ2) is 5.53. The fourth-order valence-electron chi connectivity index (χ4n) is 2.06. The average molecular weight is 280 g/mol. The number of halogens is 2. The zero-order valence-electron chi connectivity index (χ0n) is 11.0. The van der Waals surface area contributed by atoms with Gasteiger partial charge in [0.05, 0.1) is 5.69 Å². The highest BCUT2D eigenvalue weighted by molar-refractivity contribution is 6.30. The van der Waals surface area contributed by atoms with Gasteiger partial charge in [-0.15, -0.1) is 0 Å². The summed E-state index contributed by atoms with van der Waals surface area (Å²) in [5.74, 6) is 0.586. The van der Waals surface area contributed by atoms with Crippen molar-refractivity contribution in [3.8, 4) is 11.3 Å². The lowest BCUT2D eigenvalue weighted by Gasteiger charge is -2.15. The van der Waals surface area contributed by atoms with Crippen molar-refractivity contribution in [2.45, 2.75) is 19.8 Å². The van der Waals surface area contributed by atoms with E-state index >= 15 is 0 Å². The molecule has 1 aromatic carbocycles. The van der Waals surface area contributed by atoms with Gasteiger partial charge in [-0.3, -0.25) is 0 Å². The second-order valence-corrected chi connectivity index (χ2v) is 4.98. The maximum absolute atomic E-state index is 13.5. The van der Waals surface area contributed by atoms with E-state index in [0.29, 0.717) is 16.3 Å². The van der Waals surface area contributed by atoms with Gasteiger partial charge in [0.25, 0.3) is 0 Å². The van der Waals surface area contributed by atoms with Crippen LogP contribution in [0.4, 0.5) is 10.2 Å². The van der Waals surface area contributed by atoms with Crippen LogP contribution in [-0.2, 0) is 0 Å². The number of rotatable bonds is 3. The Morgan fingerprint density at radius 2 is 1.95 bits per heavy atom. The molecule has 5 heteroatoms. The van der Waals surface area contributed by atoms with E-state index in [2.05, 4.69) is 15.3 Å². The van der Waals surface area contributed by atoms with Crippen LogP contribution in [0.1, 0.15) is 25.3 Å². The lowest BCUT2D eigenvalue weighted by atomic mass is 9.97. The molecular formula is C14H15ClFN3. The first-order chi connectivity index (χ1) is 9.02. The normalized spacial score (nSPS) is 10.8. The average Bonchev–Trinajstić information content (AvgIpc) is 2.36. The molecule has 1 N–H and O–H groups in total. The summed E-state index contributed by atoms with van der Waals surface area (Å²) in [4.78, 5) is 8.49. The summed E-state index contributed by atoms with van der Waals surface area (Å²) in [6, 6.07) is 4.41. The number of aromatic nitrogens is 2. The summed E-state index contributed by atoms with van der Waals surface area (Å²) in [5.41, 5.74) is 2.31. The van der Waals surface area contributed by atoms with Gasteiger partial charge in [0.15, 0.2) is 0 Å². The molecule has 0 unspecified atom stereocenters. The summed E-state index contributed by atoms with van der Waals surface area (Å²) in [5, 5.41) is 3.39. The number of hydrogen-bond acceptors (Lipinski definition) is 3. The van der Waals surface area contributed by atoms with Gasteiger partial charge in [-0.1, -0.05) is 25.4 Å². The third kappa shape index (κ3) is 2.84. The number of hydrogen-bond donors (Lipinski definition) is 1. The third-order valence-electron chi connectivity index (χ3n) is 2.83. The molecule has 19 heavy (non-hydrogen) atoms. The van der Waals surface area contributed by atoms with E-state index < -0.39 is 0 Å². The number of nitrogens with one attached hydrogen (secondary N) is 1. The van der Waals surface area contributed by atoms with E-state index in [-0.39, 0.29) is 11.7 Å². The lowest BCUT2D eigenvalue weighted by Crippen LogP contribution is -2.04. The van der Waals surface area contributed by atoms with Crippen LogP contribution < -0.4 is 5.32 Å². The second-order valence-electron chi connectivity index (χ2n) is 4.55. The Bertz CT molecular complexity index is 579. The molecule has 1 aromatic heterocycles. The summed E-state index contributed by atoms with van der Waals surface area (Å²) in [6.45, 7) is 4.09. The highest BCUT2D eigenvalue weighted by Gasteiger charge is 2.16. The number of benzene rings is 1. The molecule has 0 saturated heterocycles. The van der Waals surface area contributed by atoms with Crippen LogP contribution in [0, 0.1) is 5.82 Å². The molecule has 0 spiro atoms. The first kappa shape index (κ1) is 13.7. The van der Waals surface area contributed by atoms with Gasteiger partial charge in [-0.2, -0.15) is 0 Å². The van der Waals surface area contributed by atoms with Crippen molar-refractivity contribution < 1.29 is 4.39 Å². The first-order valence-corrected chi connectivity index (χ1v) is 6.39. The Balaban J connectivity index is 2.67. The van der Waals surface area contributed by atoms with Crippen LogP contribution in [0.2, 0.25) is 5.02 Å². The number of anilines is 1. The Labute approximate surface area is 116 Å². The topological polar surface area (TPSA) is 37.8 Å². The van der Waals surface area contributed by atoms with E-state index in [9.17, 15) is 4.39 Å². The molecule has 0 aliphatic heterocycles. The summed E-state index contributed by atoms with van der Waals surface area (Å²) in [6.07, 6.45) is 1.46. The van der Waals surface area contributed by atoms with E-state index in [1.807, 2.05) is 13.8 Å². The standard InChI is InChI=1S/C14H15ClFN3/c1-8(2)12-13(18-7-19-14(12)17-3)9-4-10(15)6-11(16)5-9/h4-8H,1-3H3,(H,17,18,19). The van der Waals surface area contributed by atoms with Crippen molar-refractivity contribution in [3.05, 3.63) is 40.9 Å². The third-order valence-corrected chi connectivity index (χ3v) is 3.05. The fraction of sp³-hybridized carbons (Fsp3) is 0.286. The molecule has 3 nitrogen and oxygen atoms in total. The Morgan fingerprint density at radius 1 is 1.21 bits per heavy atom. The smallest absolute Gasteiger partial charge is 0.133 e. The predicted octanol–water partition coefficient (Wildman–Crippen LogP) is 4.10. The monoisotopic (exact) mass is 279 g/mol. The molecule has 0 bridgehead atoms. The van der Waals surface area contributed by atoms with Crippen LogP contribution in [-0.4, -0.2) is 17.0 Å². The maximum Gasteiger partial charge on any atom is 0.133 e. The molecule has 0 aliphatic rings. The highest BCUT2D eigenvalue weighted by Crippen LogP contribution is 2.33. The maximum atomic E-state index is 13.5. The van der Waals surface area contributed by atoms with E-state index in [1.54, 1.807) is 13.1 Å². The van der Waals surface area contributed by atoms with Crippen LogP contribution in [0.5, 0.6) is 0 Å². The lowest BCUT2D eigenvalue weighted by molar-refractivity contribution is 0.628. The molecule has 2 aromatic rings. The van der Waals surface area contributed by atoms with Gasteiger partial charge in [0.1, 0.15) is 18.0 Å². The Hall–Kier alpha value is -1.68. The van der Waals surface area contributed by atoms with Crippen molar-refractivity contribution in [1.82, 2.24) is 9.97 Å². The molecule has 0 amide bonds. The molecule has 0 aliphatic carbocycles. The van der Waals surface area contributed by atoms with Crippen molar-refractivity contribution in [3.63, 3.8) is 0 Å². The summed E-state index contributed by atoms with van der Waals surface area (Å²) < 4.78 is 13.5. The largest absolute Gasteiger partial charge is 0.373 e. The van der Waals surface area contributed by atoms with E-state index in [4.69, 9.17) is 11.6 Å².